The number of carbonyl (C=O) groups is 4. The lowest BCUT2D eigenvalue weighted by atomic mass is 9.49. The first-order chi connectivity index (χ1) is 28.6. The molecule has 5 aliphatic heterocycles. The molecule has 3 saturated heterocycles. The van der Waals surface area contributed by atoms with Crippen LogP contribution in [0.4, 0.5) is 15.8 Å². The van der Waals surface area contributed by atoms with Crippen LogP contribution in [0.25, 0.3) is 0 Å². The summed E-state index contributed by atoms with van der Waals surface area (Å²) in [5, 5.41) is 12.0. The van der Waals surface area contributed by atoms with Crippen LogP contribution < -0.4 is 19.9 Å². The number of ether oxygens (including phenoxy) is 1. The number of amides is 4. The lowest BCUT2D eigenvalue weighted by molar-refractivity contribution is -0.199. The summed E-state index contributed by atoms with van der Waals surface area (Å²) >= 11 is 6.29. The average molecular weight is 836 g/mol. The van der Waals surface area contributed by atoms with Gasteiger partial charge in [-0.2, -0.15) is 5.26 Å². The van der Waals surface area contributed by atoms with Gasteiger partial charge in [0.05, 0.1) is 16.1 Å². The van der Waals surface area contributed by atoms with Gasteiger partial charge in [-0.05, 0) is 78.8 Å². The topological polar surface area (TPSA) is 130 Å². The Morgan fingerprint density at radius 2 is 1.50 bits per heavy atom. The molecular formula is C46H51ClFN7O5. The maximum Gasteiger partial charge on any atom is 0.257 e. The van der Waals surface area contributed by atoms with Gasteiger partial charge in [-0.3, -0.25) is 29.4 Å². The number of imide groups is 1. The Balaban J connectivity index is 0.773. The zero-order valence-corrected chi connectivity index (χ0v) is 35.4. The van der Waals surface area contributed by atoms with E-state index in [9.17, 15) is 24.4 Å². The second kappa shape index (κ2) is 15.1. The molecule has 1 atom stereocenters. The number of rotatable bonds is 8. The van der Waals surface area contributed by atoms with Gasteiger partial charge in [-0.15, -0.1) is 0 Å². The van der Waals surface area contributed by atoms with Gasteiger partial charge in [-0.25, -0.2) is 4.39 Å². The van der Waals surface area contributed by atoms with E-state index in [4.69, 9.17) is 16.3 Å². The van der Waals surface area contributed by atoms with Crippen LogP contribution in [0.3, 0.4) is 0 Å². The fourth-order valence-electron chi connectivity index (χ4n) is 11.5. The van der Waals surface area contributed by atoms with Crippen LogP contribution in [0.2, 0.25) is 5.02 Å². The SMILES string of the molecule is CC1(C)[C@H](Oc2ccc(C#N)c(Cl)c2)C(C)(C)[C@H]1N1Cc2cc(N3CCN(CC4CCN(c5ccc6c(c5)CN(C5CCC(=O)NC5=O)C6=O)CC4)CC3)cc(F)c2C1=O. The number of hydrogen-bond acceptors (Lipinski definition) is 9. The smallest absolute Gasteiger partial charge is 0.257 e. The Kier molecular flexibility index (Phi) is 10.1. The fraction of sp³-hybridized carbons (Fsp3) is 0.500. The molecule has 6 aliphatic rings. The molecule has 0 spiro atoms. The van der Waals surface area contributed by atoms with E-state index in [1.165, 1.54) is 6.07 Å². The van der Waals surface area contributed by atoms with Crippen LogP contribution in [-0.2, 0) is 22.7 Å². The number of hydrogen-bond donors (Lipinski definition) is 1. The Bertz CT molecular complexity index is 2310. The van der Waals surface area contributed by atoms with Crippen molar-refractivity contribution in [3.8, 4) is 11.8 Å². The second-order valence-corrected chi connectivity index (χ2v) is 19.1. The van der Waals surface area contributed by atoms with Crippen molar-refractivity contribution in [1.29, 1.82) is 5.26 Å². The van der Waals surface area contributed by atoms with E-state index in [2.05, 4.69) is 59.8 Å². The number of nitrogens with one attached hydrogen (secondary N) is 1. The number of nitriles is 1. The molecule has 1 saturated carbocycles. The Morgan fingerprint density at radius 1 is 0.817 bits per heavy atom. The Labute approximate surface area is 355 Å². The van der Waals surface area contributed by atoms with Crippen molar-refractivity contribution in [3.05, 3.63) is 87.2 Å². The molecule has 0 aromatic heterocycles. The number of piperidine rings is 2. The van der Waals surface area contributed by atoms with E-state index < -0.39 is 28.6 Å². The Hall–Kier alpha value is -5.19. The lowest BCUT2D eigenvalue weighted by Gasteiger charge is -2.65. The highest BCUT2D eigenvalue weighted by molar-refractivity contribution is 6.31. The van der Waals surface area contributed by atoms with Crippen molar-refractivity contribution >= 4 is 46.6 Å². The van der Waals surface area contributed by atoms with Crippen molar-refractivity contribution < 1.29 is 28.3 Å². The molecule has 60 heavy (non-hydrogen) atoms. The molecule has 9 rings (SSSR count). The summed E-state index contributed by atoms with van der Waals surface area (Å²) in [7, 11) is 0. The van der Waals surface area contributed by atoms with E-state index in [1.807, 2.05) is 23.1 Å². The molecule has 314 valence electrons. The third-order valence-corrected chi connectivity index (χ3v) is 14.4. The number of piperazine rings is 1. The summed E-state index contributed by atoms with van der Waals surface area (Å²) in [6.07, 6.45) is 2.46. The van der Waals surface area contributed by atoms with Crippen LogP contribution in [-0.4, -0.2) is 102 Å². The summed E-state index contributed by atoms with van der Waals surface area (Å²) < 4.78 is 22.4. The highest BCUT2D eigenvalue weighted by Crippen LogP contribution is 2.59. The van der Waals surface area contributed by atoms with Gasteiger partial charge in [0.25, 0.3) is 11.8 Å². The molecule has 4 amide bonds. The van der Waals surface area contributed by atoms with E-state index in [-0.39, 0.29) is 41.9 Å². The minimum absolute atomic E-state index is 0.153. The molecule has 14 heteroatoms. The lowest BCUT2D eigenvalue weighted by Crippen LogP contribution is -2.74. The van der Waals surface area contributed by atoms with Crippen molar-refractivity contribution in [2.75, 3.05) is 55.6 Å². The first kappa shape index (κ1) is 40.2. The van der Waals surface area contributed by atoms with Gasteiger partial charge >= 0.3 is 0 Å². The standard InChI is InChI=1S/C46H51ClFN7O5/c1-45(2)43(46(3,4)44(45)60-33-7-5-28(23-49)35(47)22-33)55-26-30-20-32(21-36(48)39(30)42(55)59)53-17-15-51(16-18-53)24-27-11-13-52(14-12-27)31-6-8-34-29(19-31)25-54(41(34)58)37-9-10-38(56)50-40(37)57/h5-8,19-22,27,37,43-44H,9-18,24-26H2,1-4H3,(H,50,56,57)/t37?,43-,44-. The monoisotopic (exact) mass is 835 g/mol. The highest BCUT2D eigenvalue weighted by Gasteiger charge is 2.67. The summed E-state index contributed by atoms with van der Waals surface area (Å²) in [6.45, 7) is 15.2. The molecular weight excluding hydrogens is 785 g/mol. The fourth-order valence-corrected chi connectivity index (χ4v) is 11.7. The second-order valence-electron chi connectivity index (χ2n) is 18.7. The third kappa shape index (κ3) is 6.85. The summed E-state index contributed by atoms with van der Waals surface area (Å²) in [4.78, 5) is 61.8. The molecule has 12 nitrogen and oxygen atoms in total. The van der Waals surface area contributed by atoms with Crippen molar-refractivity contribution in [2.45, 2.75) is 84.7 Å². The minimum atomic E-state index is -0.618. The van der Waals surface area contributed by atoms with Crippen LogP contribution in [0.15, 0.2) is 48.5 Å². The largest absolute Gasteiger partial charge is 0.489 e. The quantitative estimate of drug-likeness (QED) is 0.272. The third-order valence-electron chi connectivity index (χ3n) is 14.1. The first-order valence-electron chi connectivity index (χ1n) is 21.1. The maximum absolute atomic E-state index is 15.9. The molecule has 1 aliphatic carbocycles. The van der Waals surface area contributed by atoms with Crippen LogP contribution in [0.1, 0.15) is 90.8 Å². The van der Waals surface area contributed by atoms with Crippen LogP contribution in [0.5, 0.6) is 5.75 Å². The van der Waals surface area contributed by atoms with Crippen LogP contribution >= 0.6 is 11.6 Å². The normalized spacial score (nSPS) is 25.2. The number of anilines is 2. The van der Waals surface area contributed by atoms with Gasteiger partial charge in [0.2, 0.25) is 11.8 Å². The minimum Gasteiger partial charge on any atom is -0.489 e. The number of nitrogens with zero attached hydrogens (tertiary/aromatic N) is 6. The molecule has 1 unspecified atom stereocenters. The van der Waals surface area contributed by atoms with Gasteiger partial charge in [-0.1, -0.05) is 39.3 Å². The van der Waals surface area contributed by atoms with E-state index in [0.717, 1.165) is 81.2 Å². The molecule has 3 aromatic rings. The van der Waals surface area contributed by atoms with E-state index in [0.29, 0.717) is 47.3 Å². The molecule has 0 radical (unpaired) electrons. The molecule has 3 aromatic carbocycles. The highest BCUT2D eigenvalue weighted by atomic mass is 35.5. The van der Waals surface area contributed by atoms with Crippen LogP contribution in [0, 0.1) is 33.9 Å². The zero-order chi connectivity index (χ0) is 42.2. The predicted octanol–water partition coefficient (Wildman–Crippen LogP) is 5.99. The average Bonchev–Trinajstić information content (AvgIpc) is 3.71. The predicted molar refractivity (Wildman–Crippen MR) is 224 cm³/mol. The molecule has 5 heterocycles. The molecule has 1 N–H and O–H groups in total. The molecule has 0 bridgehead atoms. The number of halogens is 2. The van der Waals surface area contributed by atoms with Gasteiger partial charge in [0, 0.05) is 105 Å². The first-order valence-corrected chi connectivity index (χ1v) is 21.5. The maximum atomic E-state index is 15.9. The summed E-state index contributed by atoms with van der Waals surface area (Å²) in [5.74, 6) is -0.461. The molecule has 4 fully saturated rings. The number of fused-ring (bicyclic) bond motifs is 2. The number of carbonyl (C=O) groups excluding carboxylic acids is 4. The zero-order valence-electron chi connectivity index (χ0n) is 34.6. The number of benzene rings is 3. The van der Waals surface area contributed by atoms with Crippen molar-refractivity contribution in [3.63, 3.8) is 0 Å². The summed E-state index contributed by atoms with van der Waals surface area (Å²) in [6, 6.07) is 15.8. The van der Waals surface area contributed by atoms with Gasteiger partial charge in [0.15, 0.2) is 0 Å². The Morgan fingerprint density at radius 3 is 2.18 bits per heavy atom. The van der Waals surface area contributed by atoms with E-state index >= 15 is 4.39 Å². The van der Waals surface area contributed by atoms with Gasteiger partial charge in [0.1, 0.15) is 29.8 Å². The summed E-state index contributed by atoms with van der Waals surface area (Å²) in [5.41, 5.74) is 3.84. The van der Waals surface area contributed by atoms with E-state index in [1.54, 1.807) is 23.1 Å². The van der Waals surface area contributed by atoms with Crippen molar-refractivity contribution in [2.24, 2.45) is 16.7 Å². The van der Waals surface area contributed by atoms with Gasteiger partial charge < -0.3 is 24.3 Å². The van der Waals surface area contributed by atoms with Crippen molar-refractivity contribution in [1.82, 2.24) is 20.0 Å².